The van der Waals surface area contributed by atoms with Crippen LogP contribution in [0, 0.1) is 0 Å². The van der Waals surface area contributed by atoms with E-state index in [2.05, 4.69) is 5.32 Å². The van der Waals surface area contributed by atoms with Crippen molar-refractivity contribution in [1.29, 1.82) is 0 Å². The minimum atomic E-state index is -0.176. The van der Waals surface area contributed by atoms with Crippen molar-refractivity contribution in [3.05, 3.63) is 29.8 Å². The first kappa shape index (κ1) is 16.5. The third kappa shape index (κ3) is 6.06. The number of nitrogen functional groups attached to an aromatic ring is 1. The highest BCUT2D eigenvalue weighted by Gasteiger charge is 2.14. The molecule has 0 spiro atoms. The van der Waals surface area contributed by atoms with Crippen LogP contribution in [0.4, 0.5) is 5.69 Å². The van der Waals surface area contributed by atoms with Crippen LogP contribution in [0.5, 0.6) is 0 Å². The second-order valence-corrected chi connectivity index (χ2v) is 5.31. The fraction of sp³-hybridized carbons (Fsp3) is 0.562. The molecule has 4 nitrogen and oxygen atoms in total. The molecule has 0 aromatic heterocycles. The highest BCUT2D eigenvalue weighted by molar-refractivity contribution is 5.83. The van der Waals surface area contributed by atoms with Crippen LogP contribution in [0.2, 0.25) is 0 Å². The molecule has 0 aliphatic carbocycles. The van der Waals surface area contributed by atoms with E-state index in [4.69, 9.17) is 10.5 Å². The number of hydrogen-bond donors (Lipinski definition) is 2. The second kappa shape index (κ2) is 8.59. The Bertz CT molecular complexity index is 419. The summed E-state index contributed by atoms with van der Waals surface area (Å²) in [6.07, 6.45) is 2.17. The van der Waals surface area contributed by atoms with Crippen molar-refractivity contribution >= 4 is 11.6 Å². The molecule has 0 aliphatic heterocycles. The van der Waals surface area contributed by atoms with Gasteiger partial charge in [0, 0.05) is 18.8 Å². The van der Waals surface area contributed by atoms with Gasteiger partial charge in [0.15, 0.2) is 0 Å². The largest absolute Gasteiger partial charge is 0.399 e. The maximum absolute atomic E-state index is 12.0. The molecule has 1 aromatic rings. The molecule has 0 heterocycles. The van der Waals surface area contributed by atoms with E-state index in [1.165, 1.54) is 0 Å². The molecule has 0 saturated heterocycles. The van der Waals surface area contributed by atoms with Crippen molar-refractivity contribution in [2.75, 3.05) is 18.9 Å². The lowest BCUT2D eigenvalue weighted by Gasteiger charge is -2.13. The first-order chi connectivity index (χ1) is 9.50. The Hall–Kier alpha value is -1.55. The van der Waals surface area contributed by atoms with Crippen LogP contribution in [0.15, 0.2) is 24.3 Å². The van der Waals surface area contributed by atoms with Crippen molar-refractivity contribution in [2.24, 2.45) is 0 Å². The van der Waals surface area contributed by atoms with Crippen LogP contribution in [-0.2, 0) is 9.53 Å². The van der Waals surface area contributed by atoms with Gasteiger partial charge in [-0.1, -0.05) is 12.1 Å². The molecule has 4 heteroatoms. The van der Waals surface area contributed by atoms with Crippen molar-refractivity contribution < 1.29 is 9.53 Å². The second-order valence-electron chi connectivity index (χ2n) is 5.31. The molecule has 0 fully saturated rings. The summed E-state index contributed by atoms with van der Waals surface area (Å²) in [5.41, 5.74) is 7.37. The van der Waals surface area contributed by atoms with E-state index >= 15 is 0 Å². The van der Waals surface area contributed by atoms with Gasteiger partial charge in [-0.25, -0.2) is 0 Å². The van der Waals surface area contributed by atoms with Gasteiger partial charge in [0.05, 0.1) is 12.0 Å². The number of ether oxygens (including phenoxy) is 1. The normalized spacial score (nSPS) is 12.4. The number of carbonyl (C=O) groups excluding carboxylic acids is 1. The van der Waals surface area contributed by atoms with Crippen LogP contribution in [0.1, 0.15) is 45.1 Å². The molecule has 1 rings (SSSR count). The molecule has 1 atom stereocenters. The third-order valence-corrected chi connectivity index (χ3v) is 3.13. The Morgan fingerprint density at radius 3 is 2.70 bits per heavy atom. The number of benzene rings is 1. The molecular formula is C16H26N2O2. The summed E-state index contributed by atoms with van der Waals surface area (Å²) in [6.45, 7) is 7.38. The zero-order valence-electron chi connectivity index (χ0n) is 12.7. The molecule has 3 N–H and O–H groups in total. The van der Waals surface area contributed by atoms with E-state index in [0.717, 1.165) is 25.0 Å². The van der Waals surface area contributed by atoms with Crippen LogP contribution in [0.25, 0.3) is 0 Å². The van der Waals surface area contributed by atoms with E-state index < -0.39 is 0 Å². The van der Waals surface area contributed by atoms with Gasteiger partial charge in [-0.3, -0.25) is 4.79 Å². The standard InChI is InChI=1S/C16H26N2O2/c1-12(2)20-10-5-4-9-18-16(19)13(3)14-7-6-8-15(17)11-14/h6-8,11-13H,4-5,9-10,17H2,1-3H3,(H,18,19). The smallest absolute Gasteiger partial charge is 0.227 e. The molecule has 0 bridgehead atoms. The summed E-state index contributed by atoms with van der Waals surface area (Å²) < 4.78 is 5.45. The molecule has 0 aliphatic rings. The van der Waals surface area contributed by atoms with Crippen LogP contribution < -0.4 is 11.1 Å². The van der Waals surface area contributed by atoms with E-state index in [9.17, 15) is 4.79 Å². The van der Waals surface area contributed by atoms with Crippen molar-refractivity contribution in [3.8, 4) is 0 Å². The molecule has 1 unspecified atom stereocenters. The lowest BCUT2D eigenvalue weighted by Crippen LogP contribution is -2.29. The molecule has 1 aromatic carbocycles. The van der Waals surface area contributed by atoms with Crippen molar-refractivity contribution in [1.82, 2.24) is 5.32 Å². The van der Waals surface area contributed by atoms with Crippen LogP contribution in [-0.4, -0.2) is 25.2 Å². The zero-order valence-corrected chi connectivity index (χ0v) is 12.7. The highest BCUT2D eigenvalue weighted by Crippen LogP contribution is 2.17. The van der Waals surface area contributed by atoms with Crippen LogP contribution in [0.3, 0.4) is 0 Å². The zero-order chi connectivity index (χ0) is 15.0. The molecule has 20 heavy (non-hydrogen) atoms. The van der Waals surface area contributed by atoms with Gasteiger partial charge in [-0.2, -0.15) is 0 Å². The SMILES string of the molecule is CC(C)OCCCCNC(=O)C(C)c1cccc(N)c1. The fourth-order valence-electron chi connectivity index (χ4n) is 1.89. The predicted octanol–water partition coefficient (Wildman–Crippen LogP) is 2.69. The first-order valence-corrected chi connectivity index (χ1v) is 7.25. The predicted molar refractivity (Wildman–Crippen MR) is 82.6 cm³/mol. The van der Waals surface area contributed by atoms with Gasteiger partial charge in [0.2, 0.25) is 5.91 Å². The molecule has 112 valence electrons. The summed E-state index contributed by atoms with van der Waals surface area (Å²) in [5, 5.41) is 2.95. The minimum Gasteiger partial charge on any atom is -0.399 e. The summed E-state index contributed by atoms with van der Waals surface area (Å²) >= 11 is 0. The molecule has 1 amide bonds. The maximum atomic E-state index is 12.0. The minimum absolute atomic E-state index is 0.0420. The number of anilines is 1. The Morgan fingerprint density at radius 1 is 1.30 bits per heavy atom. The first-order valence-electron chi connectivity index (χ1n) is 7.25. The van der Waals surface area contributed by atoms with E-state index in [0.29, 0.717) is 12.2 Å². The molecule has 0 radical (unpaired) electrons. The lowest BCUT2D eigenvalue weighted by atomic mass is 10.00. The average Bonchev–Trinajstić information content (AvgIpc) is 2.41. The van der Waals surface area contributed by atoms with Crippen molar-refractivity contribution in [2.45, 2.75) is 45.6 Å². The summed E-state index contributed by atoms with van der Waals surface area (Å²) in [6, 6.07) is 7.47. The maximum Gasteiger partial charge on any atom is 0.227 e. The van der Waals surface area contributed by atoms with Gasteiger partial charge in [-0.05, 0) is 51.3 Å². The molecular weight excluding hydrogens is 252 g/mol. The number of nitrogens with one attached hydrogen (secondary N) is 1. The number of hydrogen-bond acceptors (Lipinski definition) is 3. The Morgan fingerprint density at radius 2 is 2.05 bits per heavy atom. The number of unbranched alkanes of at least 4 members (excludes halogenated alkanes) is 1. The van der Waals surface area contributed by atoms with Gasteiger partial charge in [0.1, 0.15) is 0 Å². The van der Waals surface area contributed by atoms with Crippen LogP contribution >= 0.6 is 0 Å². The monoisotopic (exact) mass is 278 g/mol. The third-order valence-electron chi connectivity index (χ3n) is 3.13. The van der Waals surface area contributed by atoms with Crippen molar-refractivity contribution in [3.63, 3.8) is 0 Å². The topological polar surface area (TPSA) is 64.3 Å². The van der Waals surface area contributed by atoms with Gasteiger partial charge < -0.3 is 15.8 Å². The Balaban J connectivity index is 2.25. The van der Waals surface area contributed by atoms with Gasteiger partial charge in [-0.15, -0.1) is 0 Å². The average molecular weight is 278 g/mol. The number of rotatable bonds is 8. The summed E-state index contributed by atoms with van der Waals surface area (Å²) in [5.74, 6) is -0.134. The van der Waals surface area contributed by atoms with Gasteiger partial charge in [0.25, 0.3) is 0 Å². The Kier molecular flexibility index (Phi) is 7.09. The summed E-state index contributed by atoms with van der Waals surface area (Å²) in [4.78, 5) is 12.0. The number of amides is 1. The molecule has 0 saturated carbocycles. The quantitative estimate of drug-likeness (QED) is 0.567. The van der Waals surface area contributed by atoms with E-state index in [1.807, 2.05) is 45.0 Å². The lowest BCUT2D eigenvalue weighted by molar-refractivity contribution is -0.122. The highest BCUT2D eigenvalue weighted by atomic mass is 16.5. The van der Waals surface area contributed by atoms with Gasteiger partial charge >= 0.3 is 0 Å². The number of carbonyl (C=O) groups is 1. The summed E-state index contributed by atoms with van der Waals surface area (Å²) in [7, 11) is 0. The number of nitrogens with two attached hydrogens (primary N) is 1. The Labute approximate surface area is 121 Å². The van der Waals surface area contributed by atoms with E-state index in [-0.39, 0.29) is 17.9 Å². The fourth-order valence-corrected chi connectivity index (χ4v) is 1.89. The van der Waals surface area contributed by atoms with E-state index in [1.54, 1.807) is 0 Å².